The average Bonchev–Trinajstić information content (AvgIpc) is 2.92. The SMILES string of the molecule is Cc1cc(C(=O)NCC2(C(=O)O)CC2)on1. The van der Waals surface area contributed by atoms with E-state index in [9.17, 15) is 9.59 Å². The minimum absolute atomic E-state index is 0.110. The van der Waals surface area contributed by atoms with Crippen molar-refractivity contribution in [2.24, 2.45) is 5.41 Å². The fraction of sp³-hybridized carbons (Fsp3) is 0.500. The number of carboxylic acid groups (broad SMARTS) is 1. The van der Waals surface area contributed by atoms with Gasteiger partial charge in [0.25, 0.3) is 5.91 Å². The first kappa shape index (κ1) is 10.7. The van der Waals surface area contributed by atoms with E-state index in [2.05, 4.69) is 10.5 Å². The standard InChI is InChI=1S/C10H12N2O4/c1-6-4-7(16-12-6)8(13)11-5-10(2-3-10)9(14)15/h4H,2-3,5H2,1H3,(H,11,13)(H,14,15). The number of carbonyl (C=O) groups excluding carboxylic acids is 1. The van der Waals surface area contributed by atoms with Crippen LogP contribution >= 0.6 is 0 Å². The highest BCUT2D eigenvalue weighted by molar-refractivity contribution is 5.92. The van der Waals surface area contributed by atoms with Crippen LogP contribution in [-0.4, -0.2) is 28.7 Å². The lowest BCUT2D eigenvalue weighted by Gasteiger charge is -2.09. The van der Waals surface area contributed by atoms with Gasteiger partial charge in [-0.05, 0) is 19.8 Å². The second-order valence-corrected chi connectivity index (χ2v) is 4.10. The number of hydrogen-bond donors (Lipinski definition) is 2. The maximum atomic E-state index is 11.5. The van der Waals surface area contributed by atoms with Crippen LogP contribution in [0.3, 0.4) is 0 Å². The van der Waals surface area contributed by atoms with Gasteiger partial charge in [-0.2, -0.15) is 0 Å². The van der Waals surface area contributed by atoms with Crippen molar-refractivity contribution in [1.29, 1.82) is 0 Å². The molecule has 0 saturated heterocycles. The zero-order valence-corrected chi connectivity index (χ0v) is 8.82. The number of carboxylic acids is 1. The van der Waals surface area contributed by atoms with Crippen molar-refractivity contribution in [2.45, 2.75) is 19.8 Å². The summed E-state index contributed by atoms with van der Waals surface area (Å²) in [6, 6.07) is 1.51. The molecule has 1 heterocycles. The Kier molecular flexibility index (Phi) is 2.41. The molecule has 0 spiro atoms. The zero-order valence-electron chi connectivity index (χ0n) is 8.82. The van der Waals surface area contributed by atoms with Gasteiger partial charge in [-0.25, -0.2) is 0 Å². The summed E-state index contributed by atoms with van der Waals surface area (Å²) in [5, 5.41) is 15.0. The molecule has 6 nitrogen and oxygen atoms in total. The average molecular weight is 224 g/mol. The summed E-state index contributed by atoms with van der Waals surface area (Å²) in [6.07, 6.45) is 1.22. The summed E-state index contributed by atoms with van der Waals surface area (Å²) in [7, 11) is 0. The lowest BCUT2D eigenvalue weighted by molar-refractivity contribution is -0.143. The third-order valence-electron chi connectivity index (χ3n) is 2.75. The van der Waals surface area contributed by atoms with Gasteiger partial charge in [0.05, 0.1) is 11.1 Å². The van der Waals surface area contributed by atoms with Crippen LogP contribution < -0.4 is 5.32 Å². The van der Waals surface area contributed by atoms with Gasteiger partial charge in [-0.1, -0.05) is 5.16 Å². The van der Waals surface area contributed by atoms with Crippen molar-refractivity contribution in [2.75, 3.05) is 6.54 Å². The maximum Gasteiger partial charge on any atom is 0.311 e. The topological polar surface area (TPSA) is 92.4 Å². The van der Waals surface area contributed by atoms with Gasteiger partial charge in [0.15, 0.2) is 0 Å². The van der Waals surface area contributed by atoms with Gasteiger partial charge in [-0.15, -0.1) is 0 Å². The quantitative estimate of drug-likeness (QED) is 0.780. The molecule has 0 aromatic carbocycles. The zero-order chi connectivity index (χ0) is 11.8. The number of rotatable bonds is 4. The fourth-order valence-corrected chi connectivity index (χ4v) is 1.42. The van der Waals surface area contributed by atoms with Crippen molar-refractivity contribution < 1.29 is 19.2 Å². The summed E-state index contributed by atoms with van der Waals surface area (Å²) in [5.74, 6) is -1.17. The summed E-state index contributed by atoms with van der Waals surface area (Å²) in [4.78, 5) is 22.4. The minimum Gasteiger partial charge on any atom is -0.481 e. The van der Waals surface area contributed by atoms with E-state index in [0.29, 0.717) is 18.5 Å². The first-order valence-corrected chi connectivity index (χ1v) is 4.98. The van der Waals surface area contributed by atoms with Crippen LogP contribution in [0.4, 0.5) is 0 Å². The van der Waals surface area contributed by atoms with Crippen LogP contribution in [0.2, 0.25) is 0 Å². The maximum absolute atomic E-state index is 11.5. The van der Waals surface area contributed by atoms with Crippen molar-refractivity contribution >= 4 is 11.9 Å². The summed E-state index contributed by atoms with van der Waals surface area (Å²) in [5.41, 5.74) is -0.144. The van der Waals surface area contributed by atoms with E-state index >= 15 is 0 Å². The van der Waals surface area contributed by atoms with Gasteiger partial charge >= 0.3 is 5.97 Å². The number of aromatic nitrogens is 1. The largest absolute Gasteiger partial charge is 0.481 e. The summed E-state index contributed by atoms with van der Waals surface area (Å²) >= 11 is 0. The van der Waals surface area contributed by atoms with Crippen molar-refractivity contribution in [3.05, 3.63) is 17.5 Å². The van der Waals surface area contributed by atoms with Crippen LogP contribution in [-0.2, 0) is 4.79 Å². The molecule has 0 radical (unpaired) electrons. The van der Waals surface area contributed by atoms with E-state index < -0.39 is 17.3 Å². The smallest absolute Gasteiger partial charge is 0.311 e. The second-order valence-electron chi connectivity index (χ2n) is 4.10. The first-order valence-electron chi connectivity index (χ1n) is 4.98. The number of aliphatic carboxylic acids is 1. The molecule has 16 heavy (non-hydrogen) atoms. The molecule has 1 aromatic rings. The Morgan fingerprint density at radius 1 is 1.62 bits per heavy atom. The van der Waals surface area contributed by atoms with Crippen molar-refractivity contribution in [3.8, 4) is 0 Å². The molecule has 1 aliphatic carbocycles. The van der Waals surface area contributed by atoms with Gasteiger partial charge in [0, 0.05) is 12.6 Å². The Morgan fingerprint density at radius 2 is 2.31 bits per heavy atom. The van der Waals surface area contributed by atoms with Gasteiger partial charge < -0.3 is 14.9 Å². The second kappa shape index (κ2) is 3.62. The molecular weight excluding hydrogens is 212 g/mol. The molecule has 2 rings (SSSR count). The molecule has 86 valence electrons. The molecule has 0 atom stereocenters. The highest BCUT2D eigenvalue weighted by Crippen LogP contribution is 2.45. The lowest BCUT2D eigenvalue weighted by Crippen LogP contribution is -2.34. The van der Waals surface area contributed by atoms with Crippen molar-refractivity contribution in [1.82, 2.24) is 10.5 Å². The molecule has 1 aliphatic rings. The molecule has 2 N–H and O–H groups in total. The number of nitrogens with zero attached hydrogens (tertiary/aromatic N) is 1. The normalized spacial score (nSPS) is 16.8. The van der Waals surface area contributed by atoms with E-state index in [0.717, 1.165) is 0 Å². The van der Waals surface area contributed by atoms with Crippen LogP contribution in [0.5, 0.6) is 0 Å². The summed E-state index contributed by atoms with van der Waals surface area (Å²) < 4.78 is 4.76. The number of hydrogen-bond acceptors (Lipinski definition) is 4. The molecule has 0 aliphatic heterocycles. The van der Waals surface area contributed by atoms with E-state index in [4.69, 9.17) is 9.63 Å². The molecule has 1 saturated carbocycles. The fourth-order valence-electron chi connectivity index (χ4n) is 1.42. The monoisotopic (exact) mass is 224 g/mol. The molecule has 1 amide bonds. The first-order chi connectivity index (χ1) is 7.53. The van der Waals surface area contributed by atoms with Gasteiger partial charge in [0.2, 0.25) is 5.76 Å². The van der Waals surface area contributed by atoms with E-state index in [1.54, 1.807) is 6.92 Å². The molecule has 6 heteroatoms. The Balaban J connectivity index is 1.92. The number of amides is 1. The molecule has 0 bridgehead atoms. The third-order valence-corrected chi connectivity index (χ3v) is 2.75. The number of nitrogens with one attached hydrogen (secondary N) is 1. The minimum atomic E-state index is -0.860. The molecule has 1 fully saturated rings. The van der Waals surface area contributed by atoms with E-state index in [1.165, 1.54) is 6.07 Å². The highest BCUT2D eigenvalue weighted by atomic mass is 16.5. The predicted octanol–water partition coefficient (Wildman–Crippen LogP) is 0.578. The van der Waals surface area contributed by atoms with Crippen molar-refractivity contribution in [3.63, 3.8) is 0 Å². The van der Waals surface area contributed by atoms with Crippen LogP contribution in [0.25, 0.3) is 0 Å². The van der Waals surface area contributed by atoms with E-state index in [-0.39, 0.29) is 12.3 Å². The highest BCUT2D eigenvalue weighted by Gasteiger charge is 2.50. The summed E-state index contributed by atoms with van der Waals surface area (Å²) in [6.45, 7) is 1.85. The van der Waals surface area contributed by atoms with Gasteiger partial charge in [-0.3, -0.25) is 9.59 Å². The Hall–Kier alpha value is -1.85. The predicted molar refractivity (Wildman–Crippen MR) is 52.9 cm³/mol. The van der Waals surface area contributed by atoms with Crippen LogP contribution in [0.1, 0.15) is 29.1 Å². The Labute approximate surface area is 91.6 Å². The lowest BCUT2D eigenvalue weighted by atomic mass is 10.1. The molecular formula is C10H12N2O4. The number of aryl methyl sites for hydroxylation is 1. The Bertz CT molecular complexity index is 434. The third kappa shape index (κ3) is 1.91. The van der Waals surface area contributed by atoms with Gasteiger partial charge in [0.1, 0.15) is 0 Å². The van der Waals surface area contributed by atoms with Crippen LogP contribution in [0, 0.1) is 12.3 Å². The Morgan fingerprint density at radius 3 is 2.75 bits per heavy atom. The van der Waals surface area contributed by atoms with E-state index in [1.807, 2.05) is 0 Å². The van der Waals surface area contributed by atoms with Crippen LogP contribution in [0.15, 0.2) is 10.6 Å². The molecule has 0 unspecified atom stereocenters. The number of carbonyl (C=O) groups is 2. The molecule has 1 aromatic heterocycles.